The minimum Gasteiger partial charge on any atom is -0.373 e. The number of ether oxygens (including phenoxy) is 1. The fraction of sp³-hybridized carbons (Fsp3) is 0.474. The molecule has 1 aromatic heterocycles. The highest BCUT2D eigenvalue weighted by atomic mass is 16.5. The molecule has 0 aliphatic carbocycles. The Hall–Kier alpha value is -2.14. The first-order chi connectivity index (χ1) is 11.7. The molecule has 3 rings (SSSR count). The van der Waals surface area contributed by atoms with Crippen LogP contribution < -0.4 is 10.6 Å². The minimum atomic E-state index is -0.0838. The zero-order valence-corrected chi connectivity index (χ0v) is 14.5. The number of para-hydroxylation sites is 1. The predicted octanol–water partition coefficient (Wildman–Crippen LogP) is 2.86. The summed E-state index contributed by atoms with van der Waals surface area (Å²) in [7, 11) is 0. The summed E-state index contributed by atoms with van der Waals surface area (Å²) in [6.45, 7) is 7.32. The Morgan fingerprint density at radius 1 is 1.29 bits per heavy atom. The minimum absolute atomic E-state index is 0.0838. The first kappa shape index (κ1) is 16.7. The molecule has 0 radical (unpaired) electrons. The van der Waals surface area contributed by atoms with E-state index in [2.05, 4.69) is 35.5 Å². The van der Waals surface area contributed by atoms with Crippen LogP contribution in [-0.2, 0) is 11.3 Å². The van der Waals surface area contributed by atoms with E-state index >= 15 is 0 Å². The number of aliphatic imine (C=N–C) groups is 1. The highest BCUT2D eigenvalue weighted by Crippen LogP contribution is 2.23. The summed E-state index contributed by atoms with van der Waals surface area (Å²) in [6.07, 6.45) is 4.07. The summed E-state index contributed by atoms with van der Waals surface area (Å²) in [4.78, 5) is 9.14. The van der Waals surface area contributed by atoms with Crippen LogP contribution in [0.3, 0.4) is 0 Å². The van der Waals surface area contributed by atoms with Gasteiger partial charge in [-0.25, -0.2) is 4.99 Å². The zero-order chi connectivity index (χ0) is 16.8. The summed E-state index contributed by atoms with van der Waals surface area (Å²) in [6, 6.07) is 10.2. The lowest BCUT2D eigenvalue weighted by atomic mass is 10.0. The Bertz CT molecular complexity index is 702. The number of hydrogen-bond acceptors (Lipinski definition) is 3. The third kappa shape index (κ3) is 4.03. The maximum atomic E-state index is 5.84. The molecular formula is C19H26N4O. The van der Waals surface area contributed by atoms with Crippen molar-refractivity contribution in [2.24, 2.45) is 4.99 Å². The van der Waals surface area contributed by atoms with Gasteiger partial charge >= 0.3 is 0 Å². The van der Waals surface area contributed by atoms with Crippen LogP contribution in [-0.4, -0.2) is 36.2 Å². The van der Waals surface area contributed by atoms with Crippen LogP contribution in [0.1, 0.15) is 32.3 Å². The van der Waals surface area contributed by atoms with E-state index in [1.54, 1.807) is 0 Å². The van der Waals surface area contributed by atoms with Crippen molar-refractivity contribution in [2.45, 2.75) is 38.8 Å². The van der Waals surface area contributed by atoms with Gasteiger partial charge in [0.25, 0.3) is 0 Å². The molecule has 0 amide bonds. The molecule has 1 saturated heterocycles. The Kier molecular flexibility index (Phi) is 5.30. The van der Waals surface area contributed by atoms with Crippen molar-refractivity contribution in [3.8, 4) is 0 Å². The van der Waals surface area contributed by atoms with Crippen molar-refractivity contribution in [1.29, 1.82) is 0 Å². The van der Waals surface area contributed by atoms with Gasteiger partial charge < -0.3 is 15.4 Å². The molecule has 0 spiro atoms. The lowest BCUT2D eigenvalue weighted by molar-refractivity contribution is 0.0243. The van der Waals surface area contributed by atoms with Gasteiger partial charge in [0.05, 0.1) is 17.7 Å². The maximum absolute atomic E-state index is 5.84. The average molecular weight is 326 g/mol. The van der Waals surface area contributed by atoms with Crippen molar-refractivity contribution >= 4 is 16.9 Å². The topological polar surface area (TPSA) is 58.5 Å². The van der Waals surface area contributed by atoms with Gasteiger partial charge in [-0.1, -0.05) is 18.2 Å². The summed E-state index contributed by atoms with van der Waals surface area (Å²) < 4.78 is 5.84. The maximum Gasteiger partial charge on any atom is 0.191 e. The van der Waals surface area contributed by atoms with Crippen LogP contribution in [0.15, 0.2) is 41.5 Å². The number of benzene rings is 1. The standard InChI is InChI=1S/C19H26N4O/c1-3-20-18(23-14-19(2)10-6-12-24-19)22-13-15-9-11-21-17-8-5-4-7-16(15)17/h4-5,7-9,11H,3,6,10,12-14H2,1-2H3,(H2,20,22,23). The van der Waals surface area contributed by atoms with Gasteiger partial charge in [-0.2, -0.15) is 0 Å². The summed E-state index contributed by atoms with van der Waals surface area (Å²) in [5, 5.41) is 7.89. The molecule has 1 aromatic carbocycles. The van der Waals surface area contributed by atoms with Crippen LogP contribution in [0.25, 0.3) is 10.9 Å². The quantitative estimate of drug-likeness (QED) is 0.655. The third-order valence-electron chi connectivity index (χ3n) is 4.42. The lowest BCUT2D eigenvalue weighted by Crippen LogP contribution is -2.45. The molecule has 2 aromatic rings. The first-order valence-corrected chi connectivity index (χ1v) is 8.69. The summed E-state index contributed by atoms with van der Waals surface area (Å²) >= 11 is 0. The largest absolute Gasteiger partial charge is 0.373 e. The molecule has 24 heavy (non-hydrogen) atoms. The van der Waals surface area contributed by atoms with Crippen molar-refractivity contribution < 1.29 is 4.74 Å². The van der Waals surface area contributed by atoms with Crippen LogP contribution in [0.5, 0.6) is 0 Å². The number of aromatic nitrogens is 1. The highest BCUT2D eigenvalue weighted by Gasteiger charge is 2.29. The molecule has 1 fully saturated rings. The molecule has 1 aliphatic rings. The molecule has 128 valence electrons. The van der Waals surface area contributed by atoms with Crippen molar-refractivity contribution in [1.82, 2.24) is 15.6 Å². The Morgan fingerprint density at radius 2 is 2.17 bits per heavy atom. The van der Waals surface area contributed by atoms with Gasteiger partial charge in [-0.3, -0.25) is 4.98 Å². The molecule has 5 nitrogen and oxygen atoms in total. The van der Waals surface area contributed by atoms with E-state index < -0.39 is 0 Å². The van der Waals surface area contributed by atoms with Crippen LogP contribution in [0, 0.1) is 0 Å². The van der Waals surface area contributed by atoms with Gasteiger partial charge in [0.15, 0.2) is 5.96 Å². The summed E-state index contributed by atoms with van der Waals surface area (Å²) in [5.41, 5.74) is 2.11. The Labute approximate surface area is 143 Å². The van der Waals surface area contributed by atoms with Gasteiger partial charge in [0.2, 0.25) is 0 Å². The summed E-state index contributed by atoms with van der Waals surface area (Å²) in [5.74, 6) is 0.829. The van der Waals surface area contributed by atoms with Gasteiger partial charge in [0, 0.05) is 31.3 Å². The van der Waals surface area contributed by atoms with Crippen molar-refractivity contribution in [3.05, 3.63) is 42.1 Å². The number of nitrogens with zero attached hydrogens (tertiary/aromatic N) is 2. The van der Waals surface area contributed by atoms with Crippen molar-refractivity contribution in [3.63, 3.8) is 0 Å². The molecule has 0 bridgehead atoms. The number of guanidine groups is 1. The highest BCUT2D eigenvalue weighted by molar-refractivity contribution is 5.83. The van der Waals surface area contributed by atoms with E-state index in [1.807, 2.05) is 30.5 Å². The van der Waals surface area contributed by atoms with Crippen LogP contribution in [0.4, 0.5) is 0 Å². The normalized spacial score (nSPS) is 21.2. The molecule has 2 heterocycles. The van der Waals surface area contributed by atoms with Crippen LogP contribution >= 0.6 is 0 Å². The first-order valence-electron chi connectivity index (χ1n) is 8.69. The Balaban J connectivity index is 1.70. The second kappa shape index (κ2) is 7.62. The van der Waals surface area contributed by atoms with Gasteiger partial charge in [0.1, 0.15) is 0 Å². The molecule has 2 N–H and O–H groups in total. The van der Waals surface area contributed by atoms with Crippen LogP contribution in [0.2, 0.25) is 0 Å². The van der Waals surface area contributed by atoms with E-state index in [0.717, 1.165) is 49.4 Å². The number of hydrogen-bond donors (Lipinski definition) is 2. The van der Waals surface area contributed by atoms with E-state index in [9.17, 15) is 0 Å². The van der Waals surface area contributed by atoms with E-state index in [4.69, 9.17) is 9.73 Å². The van der Waals surface area contributed by atoms with Crippen molar-refractivity contribution in [2.75, 3.05) is 19.7 Å². The zero-order valence-electron chi connectivity index (χ0n) is 14.5. The molecule has 1 atom stereocenters. The molecule has 0 saturated carbocycles. The molecular weight excluding hydrogens is 300 g/mol. The fourth-order valence-electron chi connectivity index (χ4n) is 3.05. The average Bonchev–Trinajstić information content (AvgIpc) is 3.04. The monoisotopic (exact) mass is 326 g/mol. The third-order valence-corrected chi connectivity index (χ3v) is 4.42. The second-order valence-corrected chi connectivity index (χ2v) is 6.44. The predicted molar refractivity (Wildman–Crippen MR) is 98.2 cm³/mol. The van der Waals surface area contributed by atoms with E-state index in [-0.39, 0.29) is 5.60 Å². The number of pyridine rings is 1. The number of nitrogens with one attached hydrogen (secondary N) is 2. The van der Waals surface area contributed by atoms with Gasteiger partial charge in [-0.15, -0.1) is 0 Å². The van der Waals surface area contributed by atoms with Gasteiger partial charge in [-0.05, 0) is 44.4 Å². The lowest BCUT2D eigenvalue weighted by Gasteiger charge is -2.24. The Morgan fingerprint density at radius 3 is 2.96 bits per heavy atom. The molecule has 5 heteroatoms. The fourth-order valence-corrected chi connectivity index (χ4v) is 3.05. The molecule has 1 aliphatic heterocycles. The number of rotatable bonds is 5. The SMILES string of the molecule is CCNC(=NCc1ccnc2ccccc12)NCC1(C)CCCO1. The second-order valence-electron chi connectivity index (χ2n) is 6.44. The smallest absolute Gasteiger partial charge is 0.191 e. The number of fused-ring (bicyclic) bond motifs is 1. The van der Waals surface area contributed by atoms with E-state index in [0.29, 0.717) is 6.54 Å². The molecule has 1 unspecified atom stereocenters. The van der Waals surface area contributed by atoms with E-state index in [1.165, 1.54) is 5.56 Å².